The van der Waals surface area contributed by atoms with Gasteiger partial charge < -0.3 is 13.9 Å². The number of benzene rings is 3. The van der Waals surface area contributed by atoms with Crippen LogP contribution in [-0.2, 0) is 16.1 Å². The minimum atomic E-state index is -0.679. The molecule has 0 unspecified atom stereocenters. The smallest absolute Gasteiger partial charge is 0.349 e. The molecule has 1 aromatic heterocycles. The van der Waals surface area contributed by atoms with E-state index < -0.39 is 5.97 Å². The zero-order valence-electron chi connectivity index (χ0n) is 16.7. The van der Waals surface area contributed by atoms with Crippen molar-refractivity contribution in [1.29, 1.82) is 5.26 Å². The van der Waals surface area contributed by atoms with Crippen molar-refractivity contribution in [3.63, 3.8) is 0 Å². The van der Waals surface area contributed by atoms with Gasteiger partial charge >= 0.3 is 5.97 Å². The highest BCUT2D eigenvalue weighted by Gasteiger charge is 2.12. The zero-order valence-corrected chi connectivity index (χ0v) is 16.7. The number of nitrogens with zero attached hydrogens (tertiary/aromatic N) is 2. The molecule has 0 aliphatic rings. The molecule has 0 saturated carbocycles. The van der Waals surface area contributed by atoms with Crippen LogP contribution in [0.3, 0.4) is 0 Å². The van der Waals surface area contributed by atoms with Gasteiger partial charge in [-0.3, -0.25) is 0 Å². The molecule has 0 aliphatic carbocycles. The molecule has 0 amide bonds. The number of fused-ring (bicyclic) bond motifs is 1. The third-order valence-electron chi connectivity index (χ3n) is 4.63. The maximum Gasteiger partial charge on any atom is 0.349 e. The lowest BCUT2D eigenvalue weighted by molar-refractivity contribution is -0.139. The number of hydrogen-bond donors (Lipinski definition) is 0. The van der Waals surface area contributed by atoms with E-state index in [0.29, 0.717) is 17.2 Å². The zero-order chi connectivity index (χ0) is 21.6. The van der Waals surface area contributed by atoms with Gasteiger partial charge in [0, 0.05) is 5.56 Å². The highest BCUT2D eigenvalue weighted by atomic mass is 16.5. The Balaban J connectivity index is 1.41. The molecule has 0 spiro atoms. The first-order chi connectivity index (χ1) is 15.2. The van der Waals surface area contributed by atoms with E-state index in [0.717, 1.165) is 22.2 Å². The van der Waals surface area contributed by atoms with Gasteiger partial charge in [0.15, 0.2) is 5.58 Å². The monoisotopic (exact) mass is 410 g/mol. The van der Waals surface area contributed by atoms with Crippen LogP contribution < -0.4 is 4.74 Å². The van der Waals surface area contributed by atoms with Crippen LogP contribution in [0.5, 0.6) is 5.75 Å². The van der Waals surface area contributed by atoms with Crippen LogP contribution in [0.4, 0.5) is 0 Å². The minimum absolute atomic E-state index is 0.0499. The van der Waals surface area contributed by atoms with Crippen LogP contribution in [0.15, 0.2) is 82.8 Å². The first-order valence-corrected chi connectivity index (χ1v) is 9.54. The van der Waals surface area contributed by atoms with E-state index in [-0.39, 0.29) is 12.2 Å². The van der Waals surface area contributed by atoms with Gasteiger partial charge in [-0.05, 0) is 53.6 Å². The number of rotatable bonds is 6. The molecule has 31 heavy (non-hydrogen) atoms. The Morgan fingerprint density at radius 3 is 2.48 bits per heavy atom. The molecule has 152 valence electrons. The number of methoxy groups -OCH3 is 1. The van der Waals surface area contributed by atoms with Crippen LogP contribution >= 0.6 is 0 Å². The van der Waals surface area contributed by atoms with Crippen molar-refractivity contribution in [2.24, 2.45) is 0 Å². The van der Waals surface area contributed by atoms with Gasteiger partial charge in [-0.2, -0.15) is 5.26 Å². The molecule has 0 radical (unpaired) electrons. The summed E-state index contributed by atoms with van der Waals surface area (Å²) in [5, 5.41) is 9.32. The molecule has 0 bridgehead atoms. The van der Waals surface area contributed by atoms with E-state index in [9.17, 15) is 10.1 Å². The van der Waals surface area contributed by atoms with Crippen LogP contribution in [0.25, 0.3) is 28.6 Å². The van der Waals surface area contributed by atoms with Crippen molar-refractivity contribution in [2.45, 2.75) is 6.61 Å². The summed E-state index contributed by atoms with van der Waals surface area (Å²) in [6.45, 7) is 0.0499. The lowest BCUT2D eigenvalue weighted by Crippen LogP contribution is -2.06. The first-order valence-electron chi connectivity index (χ1n) is 9.54. The number of aromatic nitrogens is 1. The van der Waals surface area contributed by atoms with Gasteiger partial charge in [-0.15, -0.1) is 0 Å². The van der Waals surface area contributed by atoms with E-state index in [1.165, 1.54) is 6.08 Å². The van der Waals surface area contributed by atoms with Crippen LogP contribution in [0.2, 0.25) is 0 Å². The second-order valence-electron chi connectivity index (χ2n) is 6.70. The normalized spacial score (nSPS) is 11.2. The van der Waals surface area contributed by atoms with Crippen molar-refractivity contribution < 1.29 is 18.7 Å². The van der Waals surface area contributed by atoms with Gasteiger partial charge in [0.25, 0.3) is 0 Å². The number of para-hydroxylation sites is 2. The fourth-order valence-corrected chi connectivity index (χ4v) is 2.97. The standard InChI is InChI=1S/C25H18N2O4/c1-29-21-12-8-17(9-13-21)14-20(15-26)25(28)30-16-18-6-10-19(11-7-18)24-27-22-4-2-3-5-23(22)31-24/h2-14H,16H2,1H3. The summed E-state index contributed by atoms with van der Waals surface area (Å²) < 4.78 is 16.2. The Morgan fingerprint density at radius 1 is 1.06 bits per heavy atom. The fraction of sp³-hybridized carbons (Fsp3) is 0.0800. The highest BCUT2D eigenvalue weighted by Crippen LogP contribution is 2.24. The third-order valence-corrected chi connectivity index (χ3v) is 4.63. The maximum absolute atomic E-state index is 12.3. The van der Waals surface area contributed by atoms with E-state index in [2.05, 4.69) is 4.98 Å². The van der Waals surface area contributed by atoms with Crippen molar-refractivity contribution in [1.82, 2.24) is 4.98 Å². The summed E-state index contributed by atoms with van der Waals surface area (Å²) in [4.78, 5) is 16.8. The number of hydrogen-bond acceptors (Lipinski definition) is 6. The lowest BCUT2D eigenvalue weighted by Gasteiger charge is -2.05. The number of esters is 1. The highest BCUT2D eigenvalue weighted by molar-refractivity contribution is 5.97. The molecule has 0 atom stereocenters. The average molecular weight is 410 g/mol. The Hall–Kier alpha value is -4.37. The number of nitriles is 1. The second-order valence-corrected chi connectivity index (χ2v) is 6.70. The summed E-state index contributed by atoms with van der Waals surface area (Å²) in [7, 11) is 1.57. The Morgan fingerprint density at radius 2 is 1.81 bits per heavy atom. The number of carbonyl (C=O) groups is 1. The number of carbonyl (C=O) groups excluding carboxylic acids is 1. The SMILES string of the molecule is COc1ccc(C=C(C#N)C(=O)OCc2ccc(-c3nc4ccccc4o3)cc2)cc1. The van der Waals surface area contributed by atoms with Crippen molar-refractivity contribution >= 4 is 23.1 Å². The molecule has 0 saturated heterocycles. The largest absolute Gasteiger partial charge is 0.497 e. The van der Waals surface area contributed by atoms with Gasteiger partial charge in [-0.1, -0.05) is 36.4 Å². The molecular weight excluding hydrogens is 392 g/mol. The van der Waals surface area contributed by atoms with E-state index in [1.54, 1.807) is 31.4 Å². The Kier molecular flexibility index (Phi) is 5.77. The average Bonchev–Trinajstić information content (AvgIpc) is 3.26. The quantitative estimate of drug-likeness (QED) is 0.248. The van der Waals surface area contributed by atoms with Gasteiger partial charge in [0.05, 0.1) is 7.11 Å². The minimum Gasteiger partial charge on any atom is -0.497 e. The Labute approximate surface area is 179 Å². The van der Waals surface area contributed by atoms with Gasteiger partial charge in [0.1, 0.15) is 29.5 Å². The summed E-state index contributed by atoms with van der Waals surface area (Å²) in [5.74, 6) is 0.541. The summed E-state index contributed by atoms with van der Waals surface area (Å²) >= 11 is 0. The maximum atomic E-state index is 12.3. The van der Waals surface area contributed by atoms with E-state index in [4.69, 9.17) is 13.9 Å². The fourth-order valence-electron chi connectivity index (χ4n) is 2.97. The Bertz CT molecular complexity index is 1250. The summed E-state index contributed by atoms with van der Waals surface area (Å²) in [6, 6.07) is 23.8. The number of ether oxygens (including phenoxy) is 2. The lowest BCUT2D eigenvalue weighted by atomic mass is 10.1. The van der Waals surface area contributed by atoms with E-state index in [1.807, 2.05) is 54.6 Å². The van der Waals surface area contributed by atoms with Crippen molar-refractivity contribution in [3.05, 3.63) is 89.5 Å². The molecule has 6 heteroatoms. The van der Waals surface area contributed by atoms with Gasteiger partial charge in [0.2, 0.25) is 5.89 Å². The molecule has 3 aromatic carbocycles. The predicted molar refractivity (Wildman–Crippen MR) is 116 cm³/mol. The van der Waals surface area contributed by atoms with E-state index >= 15 is 0 Å². The van der Waals surface area contributed by atoms with Crippen molar-refractivity contribution in [3.8, 4) is 23.3 Å². The molecule has 4 rings (SSSR count). The molecular formula is C25H18N2O4. The second kappa shape index (κ2) is 8.97. The molecule has 1 heterocycles. The summed E-state index contributed by atoms with van der Waals surface area (Å²) in [6.07, 6.45) is 1.48. The molecule has 0 aliphatic heterocycles. The number of oxazole rings is 1. The topological polar surface area (TPSA) is 85.3 Å². The first kappa shape index (κ1) is 19.9. The van der Waals surface area contributed by atoms with Crippen molar-refractivity contribution in [2.75, 3.05) is 7.11 Å². The summed E-state index contributed by atoms with van der Waals surface area (Å²) in [5.41, 5.74) is 3.76. The molecule has 0 N–H and O–H groups in total. The molecule has 6 nitrogen and oxygen atoms in total. The van der Waals surface area contributed by atoms with Crippen LogP contribution in [0, 0.1) is 11.3 Å². The van der Waals surface area contributed by atoms with Crippen LogP contribution in [0.1, 0.15) is 11.1 Å². The predicted octanol–water partition coefficient (Wildman–Crippen LogP) is 5.15. The van der Waals surface area contributed by atoms with Gasteiger partial charge in [-0.25, -0.2) is 9.78 Å². The third kappa shape index (κ3) is 4.62. The van der Waals surface area contributed by atoms with Crippen LogP contribution in [-0.4, -0.2) is 18.1 Å². The molecule has 0 fully saturated rings. The molecule has 4 aromatic rings.